The maximum Gasteiger partial charge on any atom is 0.263 e. The number of ketones is 1. The molecule has 0 atom stereocenters. The average molecular weight is 390 g/mol. The van der Waals surface area contributed by atoms with Gasteiger partial charge in [-0.15, -0.1) is 0 Å². The summed E-state index contributed by atoms with van der Waals surface area (Å²) >= 11 is 1.27. The fourth-order valence-corrected chi connectivity index (χ4v) is 4.01. The second-order valence-corrected chi connectivity index (χ2v) is 7.49. The van der Waals surface area contributed by atoms with Crippen LogP contribution >= 0.6 is 11.3 Å². The number of fused-ring (bicyclic) bond motifs is 1. The van der Waals surface area contributed by atoms with Gasteiger partial charge in [0.25, 0.3) is 5.91 Å². The average Bonchev–Trinajstić information content (AvgIpc) is 3.27. The van der Waals surface area contributed by atoms with Crippen molar-refractivity contribution in [1.82, 2.24) is 19.7 Å². The number of hydrogen-bond donors (Lipinski definition) is 1. The molecule has 0 fully saturated rings. The Morgan fingerprint density at radius 3 is 2.61 bits per heavy atom. The summed E-state index contributed by atoms with van der Waals surface area (Å²) in [5.41, 5.74) is 3.77. The highest BCUT2D eigenvalue weighted by Crippen LogP contribution is 2.25. The molecule has 0 aliphatic rings. The summed E-state index contributed by atoms with van der Waals surface area (Å²) in [6, 6.07) is 11.2. The number of thiazole rings is 1. The lowest BCUT2D eigenvalue weighted by atomic mass is 10.1. The van der Waals surface area contributed by atoms with Gasteiger partial charge < -0.3 is 5.32 Å². The summed E-state index contributed by atoms with van der Waals surface area (Å²) in [6.45, 7) is 4.20. The zero-order valence-electron chi connectivity index (χ0n) is 15.5. The topological polar surface area (TPSA) is 76.4 Å². The third-order valence-electron chi connectivity index (χ3n) is 4.52. The summed E-state index contributed by atoms with van der Waals surface area (Å²) in [4.78, 5) is 35.1. The molecule has 0 radical (unpaired) electrons. The first-order chi connectivity index (χ1) is 13.5. The number of pyridine rings is 1. The maximum atomic E-state index is 12.9. The van der Waals surface area contributed by atoms with Crippen molar-refractivity contribution in [2.45, 2.75) is 20.4 Å². The van der Waals surface area contributed by atoms with Crippen molar-refractivity contribution in [1.29, 1.82) is 0 Å². The van der Waals surface area contributed by atoms with Crippen LogP contribution in [0.25, 0.3) is 4.96 Å². The predicted octanol–water partition coefficient (Wildman–Crippen LogP) is 3.57. The number of aromatic nitrogens is 3. The van der Waals surface area contributed by atoms with Crippen LogP contribution in [0.3, 0.4) is 0 Å². The molecule has 0 saturated carbocycles. The lowest BCUT2D eigenvalue weighted by Gasteiger charge is -2.05. The van der Waals surface area contributed by atoms with Crippen LogP contribution < -0.4 is 5.32 Å². The van der Waals surface area contributed by atoms with Crippen LogP contribution in [0.15, 0.2) is 55.0 Å². The number of rotatable bonds is 5. The molecule has 0 aliphatic heterocycles. The van der Waals surface area contributed by atoms with Gasteiger partial charge in [0.05, 0.1) is 6.20 Å². The van der Waals surface area contributed by atoms with Gasteiger partial charge in [-0.3, -0.25) is 19.0 Å². The normalized spacial score (nSPS) is 10.9. The van der Waals surface area contributed by atoms with E-state index in [1.165, 1.54) is 11.3 Å². The van der Waals surface area contributed by atoms with Crippen molar-refractivity contribution in [3.05, 3.63) is 87.9 Å². The Labute approximate surface area is 165 Å². The largest absolute Gasteiger partial charge is 0.347 e. The number of carbonyl (C=O) groups excluding carboxylic acids is 2. The van der Waals surface area contributed by atoms with E-state index in [9.17, 15) is 9.59 Å². The van der Waals surface area contributed by atoms with Crippen LogP contribution in [-0.2, 0) is 6.54 Å². The number of amides is 1. The lowest BCUT2D eigenvalue weighted by Crippen LogP contribution is -2.23. The number of nitrogens with zero attached hydrogens (tertiary/aromatic N) is 3. The minimum Gasteiger partial charge on any atom is -0.347 e. The molecule has 28 heavy (non-hydrogen) atoms. The monoisotopic (exact) mass is 390 g/mol. The maximum absolute atomic E-state index is 12.9. The zero-order chi connectivity index (χ0) is 19.7. The Morgan fingerprint density at radius 2 is 1.89 bits per heavy atom. The smallest absolute Gasteiger partial charge is 0.263 e. The van der Waals surface area contributed by atoms with E-state index in [0.29, 0.717) is 33.3 Å². The van der Waals surface area contributed by atoms with Gasteiger partial charge in [-0.05, 0) is 25.5 Å². The van der Waals surface area contributed by atoms with E-state index in [-0.39, 0.29) is 11.7 Å². The van der Waals surface area contributed by atoms with E-state index < -0.39 is 0 Å². The minimum absolute atomic E-state index is 0.115. The lowest BCUT2D eigenvalue weighted by molar-refractivity contribution is 0.0952. The summed E-state index contributed by atoms with van der Waals surface area (Å²) in [5, 5.41) is 2.90. The molecule has 0 saturated heterocycles. The number of hydrogen-bond acceptors (Lipinski definition) is 5. The van der Waals surface area contributed by atoms with Crippen LogP contribution in [0.5, 0.6) is 0 Å². The summed E-state index contributed by atoms with van der Waals surface area (Å²) < 4.78 is 1.76. The van der Waals surface area contributed by atoms with Crippen molar-refractivity contribution in [3.8, 4) is 0 Å². The summed E-state index contributed by atoms with van der Waals surface area (Å²) in [7, 11) is 0. The van der Waals surface area contributed by atoms with Crippen molar-refractivity contribution < 1.29 is 9.59 Å². The molecule has 0 spiro atoms. The highest BCUT2D eigenvalue weighted by atomic mass is 32.1. The van der Waals surface area contributed by atoms with Gasteiger partial charge in [-0.1, -0.05) is 47.2 Å². The van der Waals surface area contributed by atoms with Gasteiger partial charge in [-0.25, -0.2) is 4.98 Å². The van der Waals surface area contributed by atoms with Gasteiger partial charge in [0.15, 0.2) is 4.96 Å². The molecule has 1 aromatic carbocycles. The van der Waals surface area contributed by atoms with Crippen molar-refractivity contribution >= 4 is 28.0 Å². The molecule has 1 amide bonds. The number of aryl methyl sites for hydroxylation is 2. The van der Waals surface area contributed by atoms with E-state index in [2.05, 4.69) is 15.3 Å². The SMILES string of the molecule is Cc1ccc(C(=O)c2cnc3sc(C(=O)NCc4cccnc4)c(C)n23)cc1. The molecule has 1 N–H and O–H groups in total. The third kappa shape index (κ3) is 3.32. The van der Waals surface area contributed by atoms with Crippen molar-refractivity contribution in [2.75, 3.05) is 0 Å². The van der Waals surface area contributed by atoms with Crippen LogP contribution in [0.4, 0.5) is 0 Å². The first kappa shape index (κ1) is 18.1. The van der Waals surface area contributed by atoms with Crippen LogP contribution in [0, 0.1) is 13.8 Å². The molecule has 6 nitrogen and oxygen atoms in total. The molecule has 7 heteroatoms. The Kier molecular flexibility index (Phi) is 4.75. The van der Waals surface area contributed by atoms with Crippen LogP contribution in [0.2, 0.25) is 0 Å². The second-order valence-electron chi connectivity index (χ2n) is 6.52. The van der Waals surface area contributed by atoms with Crippen molar-refractivity contribution in [3.63, 3.8) is 0 Å². The van der Waals surface area contributed by atoms with E-state index in [0.717, 1.165) is 11.1 Å². The Hall–Kier alpha value is -3.32. The number of carbonyl (C=O) groups is 2. The first-order valence-electron chi connectivity index (χ1n) is 8.80. The number of benzene rings is 1. The first-order valence-corrected chi connectivity index (χ1v) is 9.61. The molecule has 4 rings (SSSR count). The van der Waals surface area contributed by atoms with Crippen LogP contribution in [0.1, 0.15) is 42.5 Å². The summed E-state index contributed by atoms with van der Waals surface area (Å²) in [6.07, 6.45) is 4.97. The van der Waals surface area contributed by atoms with E-state index in [1.807, 2.05) is 38.1 Å². The molecule has 3 aromatic heterocycles. The zero-order valence-corrected chi connectivity index (χ0v) is 16.3. The second kappa shape index (κ2) is 7.36. The van der Waals surface area contributed by atoms with Gasteiger partial charge >= 0.3 is 0 Å². The van der Waals surface area contributed by atoms with Gasteiger partial charge in [-0.2, -0.15) is 0 Å². The molecule has 140 valence electrons. The van der Waals surface area contributed by atoms with E-state index >= 15 is 0 Å². The molecule has 3 heterocycles. The third-order valence-corrected chi connectivity index (χ3v) is 5.67. The molecule has 0 unspecified atom stereocenters. The fraction of sp³-hybridized carbons (Fsp3) is 0.143. The Bertz CT molecular complexity index is 1160. The van der Waals surface area contributed by atoms with Gasteiger partial charge in [0, 0.05) is 30.2 Å². The molecular formula is C21H18N4O2S. The number of imidazole rings is 1. The molecule has 0 aliphatic carbocycles. The van der Waals surface area contributed by atoms with E-state index in [4.69, 9.17) is 0 Å². The summed E-state index contributed by atoms with van der Waals surface area (Å²) in [5.74, 6) is -0.304. The standard InChI is InChI=1S/C21H18N4O2S/c1-13-5-7-16(8-6-13)18(26)17-12-24-21-25(17)14(2)19(28-21)20(27)23-11-15-4-3-9-22-10-15/h3-10,12H,11H2,1-2H3,(H,23,27). The molecule has 0 bridgehead atoms. The fourth-order valence-electron chi connectivity index (χ4n) is 2.99. The quantitative estimate of drug-likeness (QED) is 0.529. The van der Waals surface area contributed by atoms with Gasteiger partial charge in [0.1, 0.15) is 10.6 Å². The molecular weight excluding hydrogens is 372 g/mol. The Balaban J connectivity index is 1.62. The highest BCUT2D eigenvalue weighted by molar-refractivity contribution is 7.19. The van der Waals surface area contributed by atoms with Gasteiger partial charge in [0.2, 0.25) is 5.78 Å². The minimum atomic E-state index is -0.189. The predicted molar refractivity (Wildman–Crippen MR) is 108 cm³/mol. The Morgan fingerprint density at radius 1 is 1.11 bits per heavy atom. The highest BCUT2D eigenvalue weighted by Gasteiger charge is 2.22. The van der Waals surface area contributed by atoms with E-state index in [1.54, 1.807) is 35.1 Å². The number of nitrogens with one attached hydrogen (secondary N) is 1. The molecule has 4 aromatic rings. The van der Waals surface area contributed by atoms with Crippen LogP contribution in [-0.4, -0.2) is 26.1 Å². The van der Waals surface area contributed by atoms with Crippen molar-refractivity contribution in [2.24, 2.45) is 0 Å².